The van der Waals surface area contributed by atoms with E-state index in [0.717, 1.165) is 37.0 Å². The smallest absolute Gasteiger partial charge is 0.303 e. The number of aliphatic carboxylic acids is 1. The molecule has 1 N–H and O–H groups in total. The fourth-order valence-corrected chi connectivity index (χ4v) is 2.92. The minimum absolute atomic E-state index is 0.0110. The zero-order valence-corrected chi connectivity index (χ0v) is 12.7. The molecule has 0 aromatic carbocycles. The highest BCUT2D eigenvalue weighted by atomic mass is 16.4. The van der Waals surface area contributed by atoms with E-state index in [-0.39, 0.29) is 18.4 Å². The van der Waals surface area contributed by atoms with Crippen LogP contribution in [-0.2, 0) is 11.2 Å². The van der Waals surface area contributed by atoms with E-state index in [0.29, 0.717) is 18.7 Å². The van der Waals surface area contributed by atoms with Crippen molar-refractivity contribution in [3.8, 4) is 0 Å². The van der Waals surface area contributed by atoms with Gasteiger partial charge in [-0.05, 0) is 38.7 Å². The Kier molecular flexibility index (Phi) is 5.04. The molecular weight excluding hydrogens is 270 g/mol. The number of carboxylic acid groups (broad SMARTS) is 1. The molecule has 2 rings (SSSR count). The molecule has 1 fully saturated rings. The molecular formula is C16H23NO4. The van der Waals surface area contributed by atoms with Gasteiger partial charge in [0.1, 0.15) is 5.76 Å². The minimum atomic E-state index is -0.810. The van der Waals surface area contributed by atoms with Crippen molar-refractivity contribution in [1.29, 1.82) is 0 Å². The van der Waals surface area contributed by atoms with Crippen LogP contribution in [0.15, 0.2) is 10.5 Å². The van der Waals surface area contributed by atoms with Crippen LogP contribution in [0.2, 0.25) is 0 Å². The van der Waals surface area contributed by atoms with Crippen molar-refractivity contribution >= 4 is 11.9 Å². The van der Waals surface area contributed by atoms with E-state index in [1.165, 1.54) is 0 Å². The molecule has 1 aliphatic heterocycles. The van der Waals surface area contributed by atoms with E-state index in [1.54, 1.807) is 4.90 Å². The van der Waals surface area contributed by atoms with Gasteiger partial charge in [0.2, 0.25) is 0 Å². The summed E-state index contributed by atoms with van der Waals surface area (Å²) < 4.78 is 5.65. The number of carbonyl (C=O) groups is 2. The minimum Gasteiger partial charge on any atom is -0.481 e. The van der Waals surface area contributed by atoms with Gasteiger partial charge in [-0.1, -0.05) is 6.92 Å². The standard InChI is InChI=1S/C16H23NO4/c1-3-13-10-11(2)15(21-13)16(20)17-9-5-4-6-12(17)7-8-14(18)19/h10,12H,3-9H2,1-2H3,(H,18,19). The molecule has 1 aromatic heterocycles. The predicted octanol–water partition coefficient (Wildman–Crippen LogP) is 3.01. The number of piperidine rings is 1. The Morgan fingerprint density at radius 2 is 2.19 bits per heavy atom. The second-order valence-electron chi connectivity index (χ2n) is 5.66. The molecule has 5 heteroatoms. The van der Waals surface area contributed by atoms with E-state index in [4.69, 9.17) is 9.52 Å². The van der Waals surface area contributed by atoms with Gasteiger partial charge >= 0.3 is 5.97 Å². The molecule has 1 saturated heterocycles. The molecule has 116 valence electrons. The van der Waals surface area contributed by atoms with Crippen molar-refractivity contribution in [2.75, 3.05) is 6.54 Å². The molecule has 0 saturated carbocycles. The lowest BCUT2D eigenvalue weighted by Crippen LogP contribution is -2.44. The monoisotopic (exact) mass is 293 g/mol. The molecule has 1 atom stereocenters. The quantitative estimate of drug-likeness (QED) is 0.906. The summed E-state index contributed by atoms with van der Waals surface area (Å²) in [6, 6.07) is 1.92. The van der Waals surface area contributed by atoms with Gasteiger partial charge in [-0.3, -0.25) is 9.59 Å². The average Bonchev–Trinajstić information content (AvgIpc) is 2.86. The third-order valence-electron chi connectivity index (χ3n) is 4.09. The molecule has 1 amide bonds. The van der Waals surface area contributed by atoms with Crippen LogP contribution in [0.3, 0.4) is 0 Å². The third-order valence-corrected chi connectivity index (χ3v) is 4.09. The van der Waals surface area contributed by atoms with Crippen LogP contribution < -0.4 is 0 Å². The number of hydrogen-bond donors (Lipinski definition) is 1. The summed E-state index contributed by atoms with van der Waals surface area (Å²) in [6.07, 6.45) is 4.27. The highest BCUT2D eigenvalue weighted by molar-refractivity contribution is 5.93. The zero-order chi connectivity index (χ0) is 15.4. The van der Waals surface area contributed by atoms with Crippen LogP contribution in [0.5, 0.6) is 0 Å². The number of carbonyl (C=O) groups excluding carboxylic acids is 1. The Hall–Kier alpha value is -1.78. The molecule has 1 aliphatic rings. The van der Waals surface area contributed by atoms with Crippen molar-refractivity contribution in [1.82, 2.24) is 4.90 Å². The van der Waals surface area contributed by atoms with Crippen molar-refractivity contribution in [2.45, 2.75) is 58.4 Å². The molecule has 0 radical (unpaired) electrons. The predicted molar refractivity (Wildman–Crippen MR) is 78.4 cm³/mol. The molecule has 0 aliphatic carbocycles. The Morgan fingerprint density at radius 1 is 1.43 bits per heavy atom. The van der Waals surface area contributed by atoms with Crippen LogP contribution in [0.4, 0.5) is 0 Å². The number of nitrogens with zero attached hydrogens (tertiary/aromatic N) is 1. The normalized spacial score (nSPS) is 18.8. The maximum Gasteiger partial charge on any atom is 0.303 e. The molecule has 1 unspecified atom stereocenters. The summed E-state index contributed by atoms with van der Waals surface area (Å²) in [5, 5.41) is 8.84. The van der Waals surface area contributed by atoms with Gasteiger partial charge in [0.25, 0.3) is 5.91 Å². The van der Waals surface area contributed by atoms with Crippen LogP contribution in [0.1, 0.15) is 60.9 Å². The maximum absolute atomic E-state index is 12.7. The van der Waals surface area contributed by atoms with Crippen LogP contribution >= 0.6 is 0 Å². The van der Waals surface area contributed by atoms with E-state index >= 15 is 0 Å². The molecule has 21 heavy (non-hydrogen) atoms. The van der Waals surface area contributed by atoms with Crippen LogP contribution in [-0.4, -0.2) is 34.5 Å². The van der Waals surface area contributed by atoms with Gasteiger partial charge < -0.3 is 14.4 Å². The van der Waals surface area contributed by atoms with E-state index in [1.807, 2.05) is 19.9 Å². The third kappa shape index (κ3) is 3.65. The van der Waals surface area contributed by atoms with Gasteiger partial charge in [-0.2, -0.15) is 0 Å². The highest BCUT2D eigenvalue weighted by Crippen LogP contribution is 2.25. The summed E-state index contributed by atoms with van der Waals surface area (Å²) in [5.74, 6) is 0.321. The Balaban J connectivity index is 2.13. The summed E-state index contributed by atoms with van der Waals surface area (Å²) in [6.45, 7) is 4.56. The fraction of sp³-hybridized carbons (Fsp3) is 0.625. The lowest BCUT2D eigenvalue weighted by atomic mass is 9.97. The number of furan rings is 1. The van der Waals surface area contributed by atoms with Crippen LogP contribution in [0.25, 0.3) is 0 Å². The Labute approximate surface area is 124 Å². The number of rotatable bonds is 5. The van der Waals surface area contributed by atoms with E-state index in [2.05, 4.69) is 0 Å². The Morgan fingerprint density at radius 3 is 2.81 bits per heavy atom. The summed E-state index contributed by atoms with van der Waals surface area (Å²) in [7, 11) is 0. The maximum atomic E-state index is 12.7. The first kappa shape index (κ1) is 15.6. The first-order chi connectivity index (χ1) is 10.0. The van der Waals surface area contributed by atoms with Gasteiger partial charge in [-0.15, -0.1) is 0 Å². The van der Waals surface area contributed by atoms with Crippen molar-refractivity contribution in [3.05, 3.63) is 23.2 Å². The van der Waals surface area contributed by atoms with Gasteiger partial charge in [-0.25, -0.2) is 0 Å². The topological polar surface area (TPSA) is 70.8 Å². The molecule has 0 bridgehead atoms. The first-order valence-corrected chi connectivity index (χ1v) is 7.65. The summed E-state index contributed by atoms with van der Waals surface area (Å²) in [5.41, 5.74) is 0.861. The fourth-order valence-electron chi connectivity index (χ4n) is 2.92. The highest BCUT2D eigenvalue weighted by Gasteiger charge is 2.30. The summed E-state index contributed by atoms with van der Waals surface area (Å²) >= 11 is 0. The molecule has 1 aromatic rings. The lowest BCUT2D eigenvalue weighted by Gasteiger charge is -2.35. The summed E-state index contributed by atoms with van der Waals surface area (Å²) in [4.78, 5) is 25.3. The second-order valence-corrected chi connectivity index (χ2v) is 5.66. The molecule has 2 heterocycles. The largest absolute Gasteiger partial charge is 0.481 e. The number of aryl methyl sites for hydroxylation is 2. The van der Waals surface area contributed by atoms with Crippen molar-refractivity contribution < 1.29 is 19.1 Å². The number of likely N-dealkylation sites (tertiary alicyclic amines) is 1. The van der Waals surface area contributed by atoms with Gasteiger partial charge in [0.05, 0.1) is 0 Å². The number of carboxylic acids is 1. The number of hydrogen-bond acceptors (Lipinski definition) is 3. The first-order valence-electron chi connectivity index (χ1n) is 7.65. The zero-order valence-electron chi connectivity index (χ0n) is 12.7. The van der Waals surface area contributed by atoms with Gasteiger partial charge in [0.15, 0.2) is 5.76 Å². The molecule has 5 nitrogen and oxygen atoms in total. The van der Waals surface area contributed by atoms with Gasteiger partial charge in [0, 0.05) is 31.0 Å². The van der Waals surface area contributed by atoms with Crippen molar-refractivity contribution in [3.63, 3.8) is 0 Å². The Bertz CT molecular complexity index is 520. The second kappa shape index (κ2) is 6.78. The van der Waals surface area contributed by atoms with E-state index in [9.17, 15) is 9.59 Å². The van der Waals surface area contributed by atoms with E-state index < -0.39 is 5.97 Å². The average molecular weight is 293 g/mol. The SMILES string of the molecule is CCc1cc(C)c(C(=O)N2CCCCC2CCC(=O)O)o1. The van der Waals surface area contributed by atoms with Crippen molar-refractivity contribution in [2.24, 2.45) is 0 Å². The molecule has 0 spiro atoms. The number of amides is 1. The van der Waals surface area contributed by atoms with Crippen LogP contribution in [0, 0.1) is 6.92 Å². The lowest BCUT2D eigenvalue weighted by molar-refractivity contribution is -0.137.